The third-order valence-corrected chi connectivity index (χ3v) is 3.42. The van der Waals surface area contributed by atoms with Crippen molar-refractivity contribution in [1.29, 1.82) is 0 Å². The first-order valence-electron chi connectivity index (χ1n) is 6.47. The molecule has 2 atom stereocenters. The lowest BCUT2D eigenvalue weighted by Gasteiger charge is -2.20. The van der Waals surface area contributed by atoms with E-state index in [9.17, 15) is 9.59 Å². The average molecular weight is 262 g/mol. The number of carbonyl (C=O) groups excluding carboxylic acids is 1. The molecule has 19 heavy (non-hydrogen) atoms. The van der Waals surface area contributed by atoms with Crippen LogP contribution in [0.2, 0.25) is 0 Å². The van der Waals surface area contributed by atoms with E-state index in [0.29, 0.717) is 19.5 Å². The summed E-state index contributed by atoms with van der Waals surface area (Å²) in [4.78, 5) is 29.0. The number of rotatable bonds is 5. The lowest BCUT2D eigenvalue weighted by Crippen LogP contribution is -2.32. The topological polar surface area (TPSA) is 70.5 Å². The van der Waals surface area contributed by atoms with E-state index in [4.69, 9.17) is 5.11 Å². The van der Waals surface area contributed by atoms with Gasteiger partial charge in [-0.1, -0.05) is 6.07 Å². The zero-order valence-electron chi connectivity index (χ0n) is 11.2. The van der Waals surface area contributed by atoms with Crippen molar-refractivity contribution in [2.45, 2.75) is 26.8 Å². The summed E-state index contributed by atoms with van der Waals surface area (Å²) in [7, 11) is 0. The van der Waals surface area contributed by atoms with Crippen LogP contribution in [0.5, 0.6) is 0 Å². The molecule has 1 aliphatic rings. The zero-order valence-corrected chi connectivity index (χ0v) is 11.2. The summed E-state index contributed by atoms with van der Waals surface area (Å²) in [5.74, 6) is -1.78. The third-order valence-electron chi connectivity index (χ3n) is 3.42. The van der Waals surface area contributed by atoms with Crippen LogP contribution in [-0.4, -0.2) is 33.4 Å². The average Bonchev–Trinajstić information content (AvgIpc) is 3.15. The minimum Gasteiger partial charge on any atom is -0.481 e. The molecule has 1 amide bonds. The Balaban J connectivity index is 2.01. The zero-order chi connectivity index (χ0) is 14.0. The smallest absolute Gasteiger partial charge is 0.307 e. The van der Waals surface area contributed by atoms with E-state index in [1.54, 1.807) is 4.90 Å². The molecule has 2 rings (SSSR count). The van der Waals surface area contributed by atoms with Crippen LogP contribution in [0.15, 0.2) is 18.2 Å². The Morgan fingerprint density at radius 1 is 1.42 bits per heavy atom. The van der Waals surface area contributed by atoms with Gasteiger partial charge in [0.2, 0.25) is 5.91 Å². The van der Waals surface area contributed by atoms with Crippen molar-refractivity contribution in [3.8, 4) is 0 Å². The number of aliphatic carboxylic acids is 1. The van der Waals surface area contributed by atoms with E-state index in [0.717, 1.165) is 11.4 Å². The minimum atomic E-state index is -0.872. The minimum absolute atomic E-state index is 0.0711. The number of nitrogens with zero attached hydrogens (tertiary/aromatic N) is 2. The third kappa shape index (κ3) is 3.10. The van der Waals surface area contributed by atoms with Gasteiger partial charge in [0, 0.05) is 12.2 Å². The molecule has 5 nitrogen and oxygen atoms in total. The maximum atomic E-state index is 12.2. The SMILES string of the molecule is CCN(Cc1cccc(C)n1)C(=O)C1CC1C(=O)O. The van der Waals surface area contributed by atoms with Crippen molar-refractivity contribution in [1.82, 2.24) is 9.88 Å². The van der Waals surface area contributed by atoms with Gasteiger partial charge in [0.15, 0.2) is 0 Å². The molecule has 1 aliphatic carbocycles. The van der Waals surface area contributed by atoms with Gasteiger partial charge >= 0.3 is 5.97 Å². The van der Waals surface area contributed by atoms with E-state index in [1.165, 1.54) is 0 Å². The summed E-state index contributed by atoms with van der Waals surface area (Å²) in [6.45, 7) is 4.81. The fourth-order valence-corrected chi connectivity index (χ4v) is 2.20. The van der Waals surface area contributed by atoms with E-state index in [1.807, 2.05) is 32.0 Å². The van der Waals surface area contributed by atoms with Crippen LogP contribution in [0.3, 0.4) is 0 Å². The molecule has 1 N–H and O–H groups in total. The van der Waals surface area contributed by atoms with Gasteiger partial charge in [0.25, 0.3) is 0 Å². The monoisotopic (exact) mass is 262 g/mol. The quantitative estimate of drug-likeness (QED) is 0.872. The Kier molecular flexibility index (Phi) is 3.83. The van der Waals surface area contributed by atoms with E-state index < -0.39 is 11.9 Å². The Bertz CT molecular complexity index is 501. The normalized spacial score (nSPS) is 20.9. The highest BCUT2D eigenvalue weighted by Gasteiger charge is 2.49. The molecule has 0 bridgehead atoms. The van der Waals surface area contributed by atoms with Crippen LogP contribution in [0.1, 0.15) is 24.7 Å². The second kappa shape index (κ2) is 5.38. The van der Waals surface area contributed by atoms with Gasteiger partial charge < -0.3 is 10.0 Å². The first-order chi connectivity index (χ1) is 9.02. The number of amides is 1. The highest BCUT2D eigenvalue weighted by atomic mass is 16.4. The Morgan fingerprint density at radius 2 is 2.16 bits per heavy atom. The van der Waals surface area contributed by atoms with Crippen molar-refractivity contribution in [2.24, 2.45) is 11.8 Å². The number of aromatic nitrogens is 1. The number of carbonyl (C=O) groups is 2. The summed E-state index contributed by atoms with van der Waals surface area (Å²) < 4.78 is 0. The molecule has 1 aromatic rings. The molecular weight excluding hydrogens is 244 g/mol. The van der Waals surface area contributed by atoms with E-state index in [2.05, 4.69) is 4.98 Å². The van der Waals surface area contributed by atoms with Crippen LogP contribution in [0, 0.1) is 18.8 Å². The van der Waals surface area contributed by atoms with Crippen molar-refractivity contribution in [2.75, 3.05) is 6.54 Å². The molecule has 0 saturated heterocycles. The maximum absolute atomic E-state index is 12.2. The van der Waals surface area contributed by atoms with Gasteiger partial charge in [-0.05, 0) is 32.4 Å². The summed E-state index contributed by atoms with van der Waals surface area (Å²) in [5.41, 5.74) is 1.75. The standard InChI is InChI=1S/C14H18N2O3/c1-3-16(8-10-6-4-5-9(2)15-10)13(17)11-7-12(11)14(18)19/h4-6,11-12H,3,7-8H2,1-2H3,(H,18,19). The second-order valence-corrected chi connectivity index (χ2v) is 4.91. The van der Waals surface area contributed by atoms with Crippen LogP contribution < -0.4 is 0 Å². The van der Waals surface area contributed by atoms with Gasteiger partial charge in [-0.2, -0.15) is 0 Å². The molecule has 0 spiro atoms. The van der Waals surface area contributed by atoms with Crippen molar-refractivity contribution in [3.05, 3.63) is 29.6 Å². The first kappa shape index (κ1) is 13.5. The number of pyridine rings is 1. The van der Waals surface area contributed by atoms with Crippen LogP contribution >= 0.6 is 0 Å². The van der Waals surface area contributed by atoms with Gasteiger partial charge in [-0.3, -0.25) is 14.6 Å². The molecule has 102 valence electrons. The van der Waals surface area contributed by atoms with Gasteiger partial charge in [0.05, 0.1) is 24.1 Å². The Morgan fingerprint density at radius 3 is 2.68 bits per heavy atom. The van der Waals surface area contributed by atoms with Crippen molar-refractivity contribution in [3.63, 3.8) is 0 Å². The van der Waals surface area contributed by atoms with E-state index in [-0.39, 0.29) is 11.8 Å². The van der Waals surface area contributed by atoms with E-state index >= 15 is 0 Å². The number of aryl methyl sites for hydroxylation is 1. The Hall–Kier alpha value is -1.91. The van der Waals surface area contributed by atoms with Gasteiger partial charge in [-0.25, -0.2) is 0 Å². The van der Waals surface area contributed by atoms with Crippen molar-refractivity contribution >= 4 is 11.9 Å². The summed E-state index contributed by atoms with van der Waals surface area (Å²) in [6.07, 6.45) is 0.464. The lowest BCUT2D eigenvalue weighted by molar-refractivity contribution is -0.142. The molecule has 2 unspecified atom stereocenters. The van der Waals surface area contributed by atoms with Crippen LogP contribution in [0.25, 0.3) is 0 Å². The van der Waals surface area contributed by atoms with Gasteiger partial charge in [-0.15, -0.1) is 0 Å². The molecule has 1 aromatic heterocycles. The molecular formula is C14H18N2O3. The van der Waals surface area contributed by atoms with Crippen molar-refractivity contribution < 1.29 is 14.7 Å². The summed E-state index contributed by atoms with van der Waals surface area (Å²) in [6, 6.07) is 5.70. The Labute approximate surface area is 112 Å². The molecule has 1 heterocycles. The maximum Gasteiger partial charge on any atom is 0.307 e. The largest absolute Gasteiger partial charge is 0.481 e. The van der Waals surface area contributed by atoms with Crippen LogP contribution in [0.4, 0.5) is 0 Å². The summed E-state index contributed by atoms with van der Waals surface area (Å²) >= 11 is 0. The predicted octanol–water partition coefficient (Wildman–Crippen LogP) is 1.46. The fraction of sp³-hybridized carbons (Fsp3) is 0.500. The molecule has 0 aliphatic heterocycles. The summed E-state index contributed by atoms with van der Waals surface area (Å²) in [5, 5.41) is 8.87. The second-order valence-electron chi connectivity index (χ2n) is 4.91. The highest BCUT2D eigenvalue weighted by molar-refractivity contribution is 5.89. The fourth-order valence-electron chi connectivity index (χ4n) is 2.20. The number of hydrogen-bond acceptors (Lipinski definition) is 3. The first-order valence-corrected chi connectivity index (χ1v) is 6.47. The molecule has 5 heteroatoms. The molecule has 0 radical (unpaired) electrons. The van der Waals surface area contributed by atoms with Crippen LogP contribution in [-0.2, 0) is 16.1 Å². The predicted molar refractivity (Wildman–Crippen MR) is 69.3 cm³/mol. The number of hydrogen-bond donors (Lipinski definition) is 1. The molecule has 1 saturated carbocycles. The molecule has 1 fully saturated rings. The number of carboxylic acid groups (broad SMARTS) is 1. The number of carboxylic acids is 1. The highest BCUT2D eigenvalue weighted by Crippen LogP contribution is 2.40. The van der Waals surface area contributed by atoms with Gasteiger partial charge in [0.1, 0.15) is 0 Å². The molecule has 0 aromatic carbocycles. The lowest BCUT2D eigenvalue weighted by atomic mass is 10.2.